The molecule has 32 heavy (non-hydrogen) atoms. The molecule has 0 aliphatic heterocycles. The number of rotatable bonds is 9. The molecule has 0 saturated carbocycles. The summed E-state index contributed by atoms with van der Waals surface area (Å²) in [6.07, 6.45) is 0. The number of nitro groups is 1. The van der Waals surface area contributed by atoms with Crippen molar-refractivity contribution in [2.45, 2.75) is 18.7 Å². The molecule has 0 radical (unpaired) electrons. The van der Waals surface area contributed by atoms with E-state index in [2.05, 4.69) is 4.72 Å². The summed E-state index contributed by atoms with van der Waals surface area (Å²) < 4.78 is 19.2. The molecule has 0 spiro atoms. The van der Waals surface area contributed by atoms with Crippen LogP contribution in [0.3, 0.4) is 0 Å². The Morgan fingerprint density at radius 1 is 1.06 bits per heavy atom. The number of methoxy groups -OCH3 is 1. The highest BCUT2D eigenvalue weighted by molar-refractivity contribution is 8.00. The molecule has 1 N–H and O–H groups in total. The minimum absolute atomic E-state index is 0.107. The zero-order valence-electron chi connectivity index (χ0n) is 17.8. The molecule has 0 atom stereocenters. The van der Waals surface area contributed by atoms with Gasteiger partial charge in [-0.25, -0.2) is 4.79 Å². The molecule has 8 nitrogen and oxygen atoms in total. The first kappa shape index (κ1) is 23.0. The van der Waals surface area contributed by atoms with Gasteiger partial charge in [0.15, 0.2) is 0 Å². The fraction of sp³-hybridized carbons (Fsp3) is 0.174. The Bertz CT molecular complexity index is 1120. The van der Waals surface area contributed by atoms with E-state index in [1.165, 1.54) is 37.3 Å². The summed E-state index contributed by atoms with van der Waals surface area (Å²) >= 11 is 1.37. The topological polar surface area (TPSA) is 99.9 Å². The largest absolute Gasteiger partial charge is 0.487 e. The SMILES string of the molecule is CCOc1cc(Oc2ccc(NSc3ccc(C)cc3)c(C(=O)OC)c2)ccc1[N+](=O)[O-]. The summed E-state index contributed by atoms with van der Waals surface area (Å²) in [7, 11) is 1.30. The summed E-state index contributed by atoms with van der Waals surface area (Å²) in [4.78, 5) is 24.0. The van der Waals surface area contributed by atoms with Crippen molar-refractivity contribution < 1.29 is 23.9 Å². The van der Waals surface area contributed by atoms with Crippen molar-refractivity contribution in [2.75, 3.05) is 18.4 Å². The summed E-state index contributed by atoms with van der Waals surface area (Å²) in [6, 6.07) is 17.1. The predicted octanol–water partition coefficient (Wildman–Crippen LogP) is 6.00. The smallest absolute Gasteiger partial charge is 0.340 e. The Balaban J connectivity index is 1.83. The van der Waals surface area contributed by atoms with Gasteiger partial charge in [-0.2, -0.15) is 0 Å². The molecule has 0 heterocycles. The van der Waals surface area contributed by atoms with Gasteiger partial charge in [0.1, 0.15) is 11.5 Å². The third-order valence-corrected chi connectivity index (χ3v) is 5.19. The molecule has 3 aromatic carbocycles. The number of nitrogens with zero attached hydrogens (tertiary/aromatic N) is 1. The zero-order chi connectivity index (χ0) is 23.1. The van der Waals surface area contributed by atoms with Crippen LogP contribution in [0.2, 0.25) is 0 Å². The normalized spacial score (nSPS) is 10.3. The van der Waals surface area contributed by atoms with Gasteiger partial charge in [-0.1, -0.05) is 17.7 Å². The predicted molar refractivity (Wildman–Crippen MR) is 123 cm³/mol. The second kappa shape index (κ2) is 10.5. The molecule has 0 amide bonds. The summed E-state index contributed by atoms with van der Waals surface area (Å²) in [5.74, 6) is 0.286. The van der Waals surface area contributed by atoms with Crippen LogP contribution >= 0.6 is 11.9 Å². The average molecular weight is 455 g/mol. The first-order valence-corrected chi connectivity index (χ1v) is 10.5. The molecule has 0 saturated heterocycles. The van der Waals surface area contributed by atoms with Gasteiger partial charge in [0, 0.05) is 17.0 Å². The van der Waals surface area contributed by atoms with Crippen LogP contribution in [0.15, 0.2) is 65.6 Å². The summed E-state index contributed by atoms with van der Waals surface area (Å²) in [5.41, 5.74) is 1.86. The van der Waals surface area contributed by atoms with Gasteiger partial charge in [0.2, 0.25) is 5.75 Å². The van der Waals surface area contributed by atoms with Crippen LogP contribution in [0, 0.1) is 17.0 Å². The number of carbonyl (C=O) groups is 1. The lowest BCUT2D eigenvalue weighted by molar-refractivity contribution is -0.385. The monoisotopic (exact) mass is 454 g/mol. The number of anilines is 1. The number of aryl methyl sites for hydroxylation is 1. The molecule has 0 aliphatic rings. The van der Waals surface area contributed by atoms with E-state index in [0.717, 1.165) is 10.5 Å². The highest BCUT2D eigenvalue weighted by atomic mass is 32.2. The van der Waals surface area contributed by atoms with Gasteiger partial charge in [0.25, 0.3) is 0 Å². The molecule has 3 rings (SSSR count). The van der Waals surface area contributed by atoms with Crippen LogP contribution in [0.5, 0.6) is 17.2 Å². The van der Waals surface area contributed by atoms with Gasteiger partial charge >= 0.3 is 11.7 Å². The Hall–Kier alpha value is -3.72. The average Bonchev–Trinajstić information content (AvgIpc) is 2.79. The van der Waals surface area contributed by atoms with E-state index in [1.54, 1.807) is 25.1 Å². The Morgan fingerprint density at radius 3 is 2.41 bits per heavy atom. The van der Waals surface area contributed by atoms with E-state index in [9.17, 15) is 14.9 Å². The van der Waals surface area contributed by atoms with Crippen LogP contribution in [0.4, 0.5) is 11.4 Å². The first-order valence-electron chi connectivity index (χ1n) is 9.72. The number of hydrogen-bond acceptors (Lipinski definition) is 8. The van der Waals surface area contributed by atoms with Crippen molar-refractivity contribution in [3.8, 4) is 17.2 Å². The highest BCUT2D eigenvalue weighted by Gasteiger charge is 2.18. The quantitative estimate of drug-likeness (QED) is 0.182. The van der Waals surface area contributed by atoms with Gasteiger partial charge in [-0.3, -0.25) is 10.1 Å². The second-order valence-electron chi connectivity index (χ2n) is 6.64. The minimum atomic E-state index is -0.527. The van der Waals surface area contributed by atoms with Crippen molar-refractivity contribution in [1.82, 2.24) is 0 Å². The Labute approximate surface area is 189 Å². The van der Waals surface area contributed by atoms with E-state index in [0.29, 0.717) is 17.2 Å². The lowest BCUT2D eigenvalue weighted by atomic mass is 10.1. The maximum absolute atomic E-state index is 12.3. The van der Waals surface area contributed by atoms with Crippen molar-refractivity contribution in [1.29, 1.82) is 0 Å². The van der Waals surface area contributed by atoms with E-state index < -0.39 is 10.9 Å². The molecular formula is C23H22N2O6S. The van der Waals surface area contributed by atoms with Crippen molar-refractivity contribution in [3.63, 3.8) is 0 Å². The van der Waals surface area contributed by atoms with E-state index in [1.807, 2.05) is 31.2 Å². The van der Waals surface area contributed by atoms with Gasteiger partial charge in [0.05, 0.1) is 29.9 Å². The maximum atomic E-state index is 12.3. The molecule has 9 heteroatoms. The van der Waals surface area contributed by atoms with E-state index >= 15 is 0 Å². The maximum Gasteiger partial charge on any atom is 0.340 e. The fourth-order valence-electron chi connectivity index (χ4n) is 2.79. The van der Waals surface area contributed by atoms with Gasteiger partial charge in [-0.15, -0.1) is 0 Å². The summed E-state index contributed by atoms with van der Waals surface area (Å²) in [5, 5.41) is 11.2. The zero-order valence-corrected chi connectivity index (χ0v) is 18.6. The van der Waals surface area contributed by atoms with Crippen LogP contribution in [0.25, 0.3) is 0 Å². The number of esters is 1. The van der Waals surface area contributed by atoms with Crippen LogP contribution in [-0.4, -0.2) is 24.6 Å². The molecule has 0 fully saturated rings. The number of hydrogen-bond donors (Lipinski definition) is 1. The number of carbonyl (C=O) groups excluding carboxylic acids is 1. The van der Waals surface area contributed by atoms with Crippen LogP contribution in [-0.2, 0) is 4.74 Å². The lowest BCUT2D eigenvalue weighted by Gasteiger charge is -2.13. The molecule has 3 aromatic rings. The van der Waals surface area contributed by atoms with E-state index in [4.69, 9.17) is 14.2 Å². The molecule has 0 aliphatic carbocycles. The van der Waals surface area contributed by atoms with Crippen molar-refractivity contribution in [2.24, 2.45) is 0 Å². The van der Waals surface area contributed by atoms with Gasteiger partial charge in [-0.05, 0) is 62.2 Å². The number of benzene rings is 3. The number of ether oxygens (including phenoxy) is 3. The first-order chi connectivity index (χ1) is 15.4. The molecule has 166 valence electrons. The van der Waals surface area contributed by atoms with Crippen molar-refractivity contribution in [3.05, 3.63) is 81.9 Å². The fourth-order valence-corrected chi connectivity index (χ4v) is 3.47. The van der Waals surface area contributed by atoms with Crippen LogP contribution in [0.1, 0.15) is 22.8 Å². The number of nitro benzene ring substituents is 1. The molecule has 0 bridgehead atoms. The molecular weight excluding hydrogens is 432 g/mol. The van der Waals surface area contributed by atoms with Gasteiger partial charge < -0.3 is 18.9 Å². The standard InChI is InChI=1S/C23H22N2O6S/c1-4-30-22-14-17(8-12-21(22)25(27)28)31-16-7-11-20(19(13-16)23(26)29-3)24-32-18-9-5-15(2)6-10-18/h5-14,24H,4H2,1-3H3. The Kier molecular flexibility index (Phi) is 7.56. The minimum Gasteiger partial charge on any atom is -0.487 e. The Morgan fingerprint density at radius 2 is 1.75 bits per heavy atom. The second-order valence-corrected chi connectivity index (χ2v) is 7.52. The number of nitrogens with one attached hydrogen (secondary N) is 1. The summed E-state index contributed by atoms with van der Waals surface area (Å²) in [6.45, 7) is 4.02. The molecule has 0 unspecified atom stereocenters. The third-order valence-electron chi connectivity index (χ3n) is 4.36. The third kappa shape index (κ3) is 5.70. The van der Waals surface area contributed by atoms with E-state index in [-0.39, 0.29) is 23.6 Å². The lowest BCUT2D eigenvalue weighted by Crippen LogP contribution is -2.05. The van der Waals surface area contributed by atoms with Crippen LogP contribution < -0.4 is 14.2 Å². The van der Waals surface area contributed by atoms with Crippen molar-refractivity contribution >= 4 is 29.3 Å². The highest BCUT2D eigenvalue weighted by Crippen LogP contribution is 2.35. The molecule has 0 aromatic heterocycles.